The van der Waals surface area contributed by atoms with Gasteiger partial charge in [-0.15, -0.1) is 10.2 Å². The predicted molar refractivity (Wildman–Crippen MR) is 104 cm³/mol. The average Bonchev–Trinajstić information content (AvgIpc) is 3.25. The van der Waals surface area contributed by atoms with Crippen molar-refractivity contribution in [3.8, 4) is 0 Å². The maximum atomic E-state index is 13.3. The number of hydrogen-bond acceptors (Lipinski definition) is 6. The summed E-state index contributed by atoms with van der Waals surface area (Å²) in [4.78, 5) is 12.2. The molecular formula is C18H15FN4O3S2. The molecule has 1 aliphatic heterocycles. The zero-order valence-corrected chi connectivity index (χ0v) is 16.3. The van der Waals surface area contributed by atoms with E-state index in [-0.39, 0.29) is 21.1 Å². The summed E-state index contributed by atoms with van der Waals surface area (Å²) in [6, 6.07) is 12.2. The standard InChI is InChI=1S/C18H15FN4O3S2/c1-11-9-12-5-2-3-8-15(12)23(11)28(25,26)18-22-21-17(27-18)20-16(24)13-6-4-7-14(19)10-13/h2-8,10-11H,9H2,1H3,(H,20,21,24)/t11-/m0/s1. The van der Waals surface area contributed by atoms with Gasteiger partial charge in [-0.2, -0.15) is 8.42 Å². The van der Waals surface area contributed by atoms with Crippen LogP contribution in [0.3, 0.4) is 0 Å². The highest BCUT2D eigenvalue weighted by Gasteiger charge is 2.38. The lowest BCUT2D eigenvalue weighted by Crippen LogP contribution is -2.35. The van der Waals surface area contributed by atoms with Crippen molar-refractivity contribution in [1.29, 1.82) is 0 Å². The number of aromatic nitrogens is 2. The molecule has 0 saturated heterocycles. The van der Waals surface area contributed by atoms with E-state index in [4.69, 9.17) is 0 Å². The Labute approximate surface area is 164 Å². The summed E-state index contributed by atoms with van der Waals surface area (Å²) < 4.78 is 40.6. The Morgan fingerprint density at radius 2 is 2.00 bits per heavy atom. The van der Waals surface area contributed by atoms with Crippen LogP contribution >= 0.6 is 11.3 Å². The lowest BCUT2D eigenvalue weighted by atomic mass is 10.1. The summed E-state index contributed by atoms with van der Waals surface area (Å²) in [5, 5.41) is 9.99. The number of rotatable bonds is 4. The molecule has 144 valence electrons. The van der Waals surface area contributed by atoms with Crippen LogP contribution in [0.2, 0.25) is 0 Å². The minimum atomic E-state index is -3.92. The predicted octanol–water partition coefficient (Wildman–Crippen LogP) is 3.07. The number of benzene rings is 2. The first-order valence-corrected chi connectivity index (χ1v) is 10.6. The summed E-state index contributed by atoms with van der Waals surface area (Å²) in [5.41, 5.74) is 1.67. The number of hydrogen-bond donors (Lipinski definition) is 1. The number of carbonyl (C=O) groups is 1. The first-order valence-electron chi connectivity index (χ1n) is 8.39. The van der Waals surface area contributed by atoms with E-state index < -0.39 is 21.7 Å². The second kappa shape index (κ2) is 6.95. The van der Waals surface area contributed by atoms with Gasteiger partial charge in [-0.1, -0.05) is 35.6 Å². The van der Waals surface area contributed by atoms with Gasteiger partial charge in [-0.3, -0.25) is 14.4 Å². The Morgan fingerprint density at radius 1 is 1.21 bits per heavy atom. The zero-order valence-electron chi connectivity index (χ0n) is 14.7. The molecule has 10 heteroatoms. The Bertz CT molecular complexity index is 1160. The van der Waals surface area contributed by atoms with Gasteiger partial charge in [0.15, 0.2) is 0 Å². The first kappa shape index (κ1) is 18.5. The summed E-state index contributed by atoms with van der Waals surface area (Å²) in [5.74, 6) is -1.14. The minimum absolute atomic E-state index is 0.0213. The summed E-state index contributed by atoms with van der Waals surface area (Å²) in [6.07, 6.45) is 0.609. The van der Waals surface area contributed by atoms with E-state index in [1.807, 2.05) is 19.1 Å². The molecule has 3 aromatic rings. The van der Waals surface area contributed by atoms with E-state index in [1.54, 1.807) is 12.1 Å². The summed E-state index contributed by atoms with van der Waals surface area (Å²) in [7, 11) is -3.92. The fourth-order valence-corrected chi connectivity index (χ4v) is 5.82. The van der Waals surface area contributed by atoms with Crippen molar-refractivity contribution in [2.75, 3.05) is 9.62 Å². The van der Waals surface area contributed by atoms with Crippen LogP contribution in [0, 0.1) is 5.82 Å². The first-order chi connectivity index (χ1) is 13.4. The lowest BCUT2D eigenvalue weighted by molar-refractivity contribution is 0.102. The highest BCUT2D eigenvalue weighted by molar-refractivity contribution is 7.94. The van der Waals surface area contributed by atoms with Gasteiger partial charge in [0.1, 0.15) is 5.82 Å². The van der Waals surface area contributed by atoms with Crippen molar-refractivity contribution < 1.29 is 17.6 Å². The van der Waals surface area contributed by atoms with Crippen molar-refractivity contribution in [3.05, 3.63) is 65.5 Å². The van der Waals surface area contributed by atoms with Gasteiger partial charge in [0.2, 0.25) is 5.13 Å². The fraction of sp³-hybridized carbons (Fsp3) is 0.167. The molecule has 4 rings (SSSR count). The van der Waals surface area contributed by atoms with Crippen LogP contribution in [0.15, 0.2) is 52.9 Å². The van der Waals surface area contributed by atoms with Gasteiger partial charge < -0.3 is 0 Å². The molecule has 1 aliphatic rings. The molecule has 0 radical (unpaired) electrons. The topological polar surface area (TPSA) is 92.3 Å². The second-order valence-corrected chi connectivity index (χ2v) is 9.29. The van der Waals surface area contributed by atoms with Crippen molar-refractivity contribution in [3.63, 3.8) is 0 Å². The molecule has 0 bridgehead atoms. The normalized spacial score (nSPS) is 16.1. The quantitative estimate of drug-likeness (QED) is 0.658. The molecule has 0 unspecified atom stereocenters. The van der Waals surface area contributed by atoms with Gasteiger partial charge in [0.05, 0.1) is 5.69 Å². The highest BCUT2D eigenvalue weighted by atomic mass is 32.2. The number of halogens is 1. The number of sulfonamides is 1. The molecule has 7 nitrogen and oxygen atoms in total. The average molecular weight is 418 g/mol. The SMILES string of the molecule is C[C@H]1Cc2ccccc2N1S(=O)(=O)c1nnc(NC(=O)c2cccc(F)c2)s1. The van der Waals surface area contributed by atoms with Crippen LogP contribution in [-0.4, -0.2) is 30.6 Å². The van der Waals surface area contributed by atoms with Crippen molar-refractivity contribution in [2.45, 2.75) is 23.7 Å². The van der Waals surface area contributed by atoms with Gasteiger partial charge in [0.25, 0.3) is 20.3 Å². The van der Waals surface area contributed by atoms with E-state index >= 15 is 0 Å². The van der Waals surface area contributed by atoms with Crippen LogP contribution in [0.25, 0.3) is 0 Å². The third-order valence-corrected chi connectivity index (χ3v) is 7.45. The van der Waals surface area contributed by atoms with Crippen LogP contribution in [-0.2, 0) is 16.4 Å². The van der Waals surface area contributed by atoms with Crippen LogP contribution in [0.5, 0.6) is 0 Å². The van der Waals surface area contributed by atoms with Gasteiger partial charge in [-0.05, 0) is 43.2 Å². The van der Waals surface area contributed by atoms with Crippen molar-refractivity contribution in [2.24, 2.45) is 0 Å². The number of amides is 1. The molecule has 1 N–H and O–H groups in total. The molecular weight excluding hydrogens is 403 g/mol. The molecule has 0 fully saturated rings. The monoisotopic (exact) mass is 418 g/mol. The van der Waals surface area contributed by atoms with Crippen molar-refractivity contribution >= 4 is 38.1 Å². The Morgan fingerprint density at radius 3 is 2.79 bits per heavy atom. The van der Waals surface area contributed by atoms with E-state index in [9.17, 15) is 17.6 Å². The van der Waals surface area contributed by atoms with E-state index in [0.29, 0.717) is 12.1 Å². The van der Waals surface area contributed by atoms with E-state index in [0.717, 1.165) is 23.0 Å². The molecule has 1 amide bonds. The number of anilines is 2. The van der Waals surface area contributed by atoms with E-state index in [2.05, 4.69) is 15.5 Å². The maximum absolute atomic E-state index is 13.3. The molecule has 28 heavy (non-hydrogen) atoms. The Kier molecular flexibility index (Phi) is 4.60. The summed E-state index contributed by atoms with van der Waals surface area (Å²) >= 11 is 0.753. The summed E-state index contributed by atoms with van der Waals surface area (Å²) in [6.45, 7) is 1.82. The number of para-hydroxylation sites is 1. The molecule has 0 aliphatic carbocycles. The van der Waals surface area contributed by atoms with E-state index in [1.165, 1.54) is 22.5 Å². The van der Waals surface area contributed by atoms with Gasteiger partial charge in [-0.25, -0.2) is 4.39 Å². The smallest absolute Gasteiger partial charge is 0.293 e. The zero-order chi connectivity index (χ0) is 19.9. The van der Waals surface area contributed by atoms with Crippen LogP contribution < -0.4 is 9.62 Å². The molecule has 2 aromatic carbocycles. The number of fused-ring (bicyclic) bond motifs is 1. The molecule has 2 heterocycles. The number of carbonyl (C=O) groups excluding carboxylic acids is 1. The van der Waals surface area contributed by atoms with Crippen LogP contribution in [0.1, 0.15) is 22.8 Å². The molecule has 0 saturated carbocycles. The number of nitrogens with zero attached hydrogens (tertiary/aromatic N) is 3. The maximum Gasteiger partial charge on any atom is 0.293 e. The largest absolute Gasteiger partial charge is 0.296 e. The fourth-order valence-electron chi connectivity index (χ4n) is 3.15. The third kappa shape index (κ3) is 3.25. The number of nitrogens with one attached hydrogen (secondary N) is 1. The molecule has 0 spiro atoms. The minimum Gasteiger partial charge on any atom is -0.296 e. The highest BCUT2D eigenvalue weighted by Crippen LogP contribution is 2.37. The Balaban J connectivity index is 1.59. The third-order valence-electron chi connectivity index (χ3n) is 4.34. The molecule has 1 aromatic heterocycles. The van der Waals surface area contributed by atoms with Crippen molar-refractivity contribution in [1.82, 2.24) is 10.2 Å². The second-order valence-electron chi connectivity index (χ2n) is 6.32. The Hall–Kier alpha value is -2.85. The van der Waals surface area contributed by atoms with Gasteiger partial charge >= 0.3 is 0 Å². The lowest BCUT2D eigenvalue weighted by Gasteiger charge is -2.22. The van der Waals surface area contributed by atoms with Gasteiger partial charge in [0, 0.05) is 11.6 Å². The molecule has 1 atom stereocenters. The van der Waals surface area contributed by atoms with Crippen LogP contribution in [0.4, 0.5) is 15.2 Å².